The van der Waals surface area contributed by atoms with E-state index in [0.29, 0.717) is 5.03 Å². The van der Waals surface area contributed by atoms with Gasteiger partial charge < -0.3 is 9.64 Å². The van der Waals surface area contributed by atoms with Crippen LogP contribution in [0, 0.1) is 6.92 Å². The molecule has 0 aromatic heterocycles. The molecule has 0 radical (unpaired) electrons. The van der Waals surface area contributed by atoms with Crippen molar-refractivity contribution in [1.29, 1.82) is 0 Å². The molecule has 18 heavy (non-hydrogen) atoms. The van der Waals surface area contributed by atoms with Gasteiger partial charge in [0.25, 0.3) is 0 Å². The first kappa shape index (κ1) is 14.9. The zero-order chi connectivity index (χ0) is 13.5. The van der Waals surface area contributed by atoms with E-state index < -0.39 is 0 Å². The summed E-state index contributed by atoms with van der Waals surface area (Å²) in [6.45, 7) is 2.29. The van der Waals surface area contributed by atoms with Crippen molar-refractivity contribution >= 4 is 35.2 Å². The lowest BCUT2D eigenvalue weighted by atomic mass is 10.2. The van der Waals surface area contributed by atoms with Gasteiger partial charge in [0.1, 0.15) is 12.4 Å². The molecule has 1 aromatic rings. The smallest absolute Gasteiger partial charge is 0.125 e. The molecule has 0 saturated heterocycles. The number of rotatable bonds is 5. The van der Waals surface area contributed by atoms with E-state index >= 15 is 0 Å². The predicted molar refractivity (Wildman–Crippen MR) is 79.3 cm³/mol. The monoisotopic (exact) mass is 286 g/mol. The number of halogens is 2. The Labute approximate surface area is 118 Å². The minimum atomic E-state index is 0.274. The first-order valence-electron chi connectivity index (χ1n) is 5.41. The molecule has 0 unspecified atom stereocenters. The minimum absolute atomic E-state index is 0.274. The Morgan fingerprint density at radius 2 is 2.22 bits per heavy atom. The van der Waals surface area contributed by atoms with Crippen LogP contribution < -0.4 is 9.64 Å². The molecule has 0 aliphatic carbocycles. The van der Waals surface area contributed by atoms with Gasteiger partial charge in [0.05, 0.1) is 11.4 Å². The van der Waals surface area contributed by atoms with Gasteiger partial charge in [-0.25, -0.2) is 0 Å². The van der Waals surface area contributed by atoms with Crippen LogP contribution in [0.2, 0.25) is 0 Å². The summed E-state index contributed by atoms with van der Waals surface area (Å²) in [7, 11) is 3.69. The molecule has 98 valence electrons. The van der Waals surface area contributed by atoms with Crippen molar-refractivity contribution in [2.24, 2.45) is 4.99 Å². The minimum Gasteiger partial charge on any atom is -0.488 e. The number of aryl methyl sites for hydroxylation is 1. The van der Waals surface area contributed by atoms with Crippen LogP contribution in [0.4, 0.5) is 5.69 Å². The summed E-state index contributed by atoms with van der Waals surface area (Å²) in [5.41, 5.74) is 3.47. The number of nitrogens with zero attached hydrogens (tertiary/aromatic N) is 2. The molecule has 5 heteroatoms. The van der Waals surface area contributed by atoms with E-state index in [2.05, 4.69) is 4.99 Å². The molecule has 0 spiro atoms. The molecule has 0 fully saturated rings. The molecule has 1 rings (SSSR count). The third-order valence-corrected chi connectivity index (χ3v) is 2.93. The fraction of sp³-hybridized carbons (Fsp3) is 0.308. The molecule has 1 aromatic carbocycles. The molecule has 0 atom stereocenters. The summed E-state index contributed by atoms with van der Waals surface area (Å²) in [6, 6.07) is 5.82. The lowest BCUT2D eigenvalue weighted by Gasteiger charge is -2.17. The van der Waals surface area contributed by atoms with Gasteiger partial charge in [-0.05, 0) is 30.7 Å². The second-order valence-electron chi connectivity index (χ2n) is 3.78. The van der Waals surface area contributed by atoms with Gasteiger partial charge in [-0.3, -0.25) is 4.99 Å². The number of aliphatic imine (C=N–C) groups is 1. The van der Waals surface area contributed by atoms with Gasteiger partial charge >= 0.3 is 0 Å². The Morgan fingerprint density at radius 3 is 2.78 bits per heavy atom. The number of anilines is 1. The number of ether oxygens (including phenoxy) is 1. The van der Waals surface area contributed by atoms with Crippen LogP contribution in [-0.2, 0) is 0 Å². The van der Waals surface area contributed by atoms with Crippen LogP contribution in [0.5, 0.6) is 5.75 Å². The third kappa shape index (κ3) is 4.24. The van der Waals surface area contributed by atoms with Crippen molar-refractivity contribution in [2.45, 2.75) is 6.92 Å². The maximum absolute atomic E-state index is 5.76. The van der Waals surface area contributed by atoms with Gasteiger partial charge in [0.2, 0.25) is 0 Å². The van der Waals surface area contributed by atoms with E-state index in [1.54, 1.807) is 13.4 Å². The molecule has 0 aliphatic heterocycles. The second-order valence-corrected chi connectivity index (χ2v) is 4.48. The van der Waals surface area contributed by atoms with Crippen LogP contribution in [0.15, 0.2) is 33.8 Å². The normalized spacial score (nSPS) is 11.9. The maximum atomic E-state index is 5.76. The summed E-state index contributed by atoms with van der Waals surface area (Å²) >= 11 is 11.2. The highest BCUT2D eigenvalue weighted by Gasteiger charge is 2.04. The van der Waals surface area contributed by atoms with E-state index in [1.165, 1.54) is 5.54 Å². The summed E-state index contributed by atoms with van der Waals surface area (Å²) < 4.78 is 5.50. The van der Waals surface area contributed by atoms with Gasteiger partial charge in [-0.2, -0.15) is 0 Å². The van der Waals surface area contributed by atoms with Crippen molar-refractivity contribution in [2.75, 3.05) is 25.6 Å². The quantitative estimate of drug-likeness (QED) is 0.608. The van der Waals surface area contributed by atoms with Crippen molar-refractivity contribution in [3.63, 3.8) is 0 Å². The Morgan fingerprint density at radius 1 is 1.50 bits per heavy atom. The van der Waals surface area contributed by atoms with Gasteiger partial charge in [0.15, 0.2) is 0 Å². The Bertz CT molecular complexity index is 458. The Hall–Kier alpha value is -1.19. The van der Waals surface area contributed by atoms with Crippen molar-refractivity contribution in [1.82, 2.24) is 0 Å². The lowest BCUT2D eigenvalue weighted by Crippen LogP contribution is -2.15. The van der Waals surface area contributed by atoms with Crippen LogP contribution >= 0.6 is 23.2 Å². The summed E-state index contributed by atoms with van der Waals surface area (Å²) in [4.78, 5) is 5.93. The topological polar surface area (TPSA) is 24.8 Å². The molecule has 0 heterocycles. The fourth-order valence-electron chi connectivity index (χ4n) is 1.53. The summed E-state index contributed by atoms with van der Waals surface area (Å²) in [5.74, 6) is 0.759. The highest BCUT2D eigenvalue weighted by atomic mass is 35.5. The first-order valence-corrected chi connectivity index (χ1v) is 6.23. The first-order chi connectivity index (χ1) is 8.58. The maximum Gasteiger partial charge on any atom is 0.125 e. The van der Waals surface area contributed by atoms with E-state index in [1.807, 2.05) is 37.1 Å². The van der Waals surface area contributed by atoms with Gasteiger partial charge in [-0.1, -0.05) is 23.2 Å². The average Bonchev–Trinajstić information content (AvgIpc) is 2.36. The third-order valence-electron chi connectivity index (χ3n) is 2.33. The van der Waals surface area contributed by atoms with Gasteiger partial charge in [-0.15, -0.1) is 0 Å². The number of benzene rings is 1. The number of hydrogen-bond donors (Lipinski definition) is 0. The molecular weight excluding hydrogens is 271 g/mol. The number of hydrogen-bond acceptors (Lipinski definition) is 2. The van der Waals surface area contributed by atoms with Crippen LogP contribution in [0.1, 0.15) is 5.56 Å². The summed E-state index contributed by atoms with van der Waals surface area (Å²) in [6.07, 6.45) is 1.76. The second kappa shape index (κ2) is 7.29. The van der Waals surface area contributed by atoms with E-state index in [-0.39, 0.29) is 6.61 Å². The Balaban J connectivity index is 2.79. The molecular formula is C13H16Cl2N2O. The zero-order valence-corrected chi connectivity index (χ0v) is 12.2. The largest absolute Gasteiger partial charge is 0.488 e. The standard InChI is InChI=1S/C13H16Cl2N2O/c1-10-6-12(18-8-11(15)7-14)4-5-13(10)17(3)9-16-2/h4-7,9H,8H2,1-3H3. The van der Waals surface area contributed by atoms with Crippen LogP contribution in [0.25, 0.3) is 0 Å². The highest BCUT2D eigenvalue weighted by Crippen LogP contribution is 2.24. The highest BCUT2D eigenvalue weighted by molar-refractivity contribution is 6.36. The lowest BCUT2D eigenvalue weighted by molar-refractivity contribution is 0.359. The SMILES string of the molecule is CN=CN(C)c1ccc(OCC(Cl)=CCl)cc1C. The van der Waals surface area contributed by atoms with E-state index in [0.717, 1.165) is 17.0 Å². The van der Waals surface area contributed by atoms with Crippen molar-refractivity contribution in [3.05, 3.63) is 34.3 Å². The Kier molecular flexibility index (Phi) is 6.02. The van der Waals surface area contributed by atoms with E-state index in [4.69, 9.17) is 27.9 Å². The molecule has 3 nitrogen and oxygen atoms in total. The van der Waals surface area contributed by atoms with Crippen molar-refractivity contribution < 1.29 is 4.74 Å². The summed E-state index contributed by atoms with van der Waals surface area (Å²) in [5, 5.41) is 0.466. The predicted octanol–water partition coefficient (Wildman–Crippen LogP) is 3.79. The van der Waals surface area contributed by atoms with Crippen LogP contribution in [0.3, 0.4) is 0 Å². The fourth-order valence-corrected chi connectivity index (χ4v) is 1.65. The van der Waals surface area contributed by atoms with Crippen LogP contribution in [-0.4, -0.2) is 27.0 Å². The molecule has 0 saturated carbocycles. The molecule has 0 bridgehead atoms. The molecule has 0 aliphatic rings. The van der Waals surface area contributed by atoms with Crippen molar-refractivity contribution in [3.8, 4) is 5.75 Å². The molecule has 0 N–H and O–H groups in total. The molecule has 0 amide bonds. The zero-order valence-electron chi connectivity index (χ0n) is 10.7. The van der Waals surface area contributed by atoms with Gasteiger partial charge in [0, 0.05) is 25.3 Å². The van der Waals surface area contributed by atoms with E-state index in [9.17, 15) is 0 Å². The average molecular weight is 287 g/mol.